The van der Waals surface area contributed by atoms with Crippen molar-refractivity contribution >= 4 is 12.4 Å². The number of nitrogens with zero attached hydrogens (tertiary/aromatic N) is 1. The van der Waals surface area contributed by atoms with Crippen molar-refractivity contribution in [2.24, 2.45) is 0 Å². The SMILES string of the molecule is CNC(=O)c1cc(Oc2ccc(-c3c[nH]c(OC=O)c3)cc2)ccn1. The highest BCUT2D eigenvalue weighted by Crippen LogP contribution is 2.27. The summed E-state index contributed by atoms with van der Waals surface area (Å²) in [6, 6.07) is 12.3. The minimum Gasteiger partial charge on any atom is -0.457 e. The van der Waals surface area contributed by atoms with E-state index in [1.165, 1.54) is 6.20 Å². The molecule has 2 heterocycles. The van der Waals surface area contributed by atoms with Gasteiger partial charge in [0.25, 0.3) is 12.4 Å². The van der Waals surface area contributed by atoms with Gasteiger partial charge in [0.1, 0.15) is 17.2 Å². The summed E-state index contributed by atoms with van der Waals surface area (Å²) in [4.78, 5) is 28.8. The average molecular weight is 337 g/mol. The fraction of sp³-hybridized carbons (Fsp3) is 0.0556. The fourth-order valence-electron chi connectivity index (χ4n) is 2.24. The lowest BCUT2D eigenvalue weighted by Gasteiger charge is -2.07. The van der Waals surface area contributed by atoms with Gasteiger partial charge in [-0.15, -0.1) is 0 Å². The van der Waals surface area contributed by atoms with Gasteiger partial charge in [0.05, 0.1) is 0 Å². The van der Waals surface area contributed by atoms with Crippen LogP contribution in [0.4, 0.5) is 0 Å². The molecule has 0 radical (unpaired) electrons. The summed E-state index contributed by atoms with van der Waals surface area (Å²) in [6.07, 6.45) is 3.26. The largest absolute Gasteiger partial charge is 0.457 e. The van der Waals surface area contributed by atoms with Crippen molar-refractivity contribution < 1.29 is 19.1 Å². The number of ether oxygens (including phenoxy) is 2. The number of carbonyl (C=O) groups is 2. The molecule has 25 heavy (non-hydrogen) atoms. The molecule has 2 aromatic heterocycles. The Kier molecular flexibility index (Phi) is 4.75. The normalized spacial score (nSPS) is 10.1. The maximum Gasteiger partial charge on any atom is 0.299 e. The van der Waals surface area contributed by atoms with Crippen molar-refractivity contribution in [3.63, 3.8) is 0 Å². The quantitative estimate of drug-likeness (QED) is 0.675. The molecule has 7 heteroatoms. The second kappa shape index (κ2) is 7.31. The molecule has 0 saturated heterocycles. The van der Waals surface area contributed by atoms with Gasteiger partial charge < -0.3 is 19.8 Å². The molecule has 0 aliphatic rings. The molecular weight excluding hydrogens is 322 g/mol. The smallest absolute Gasteiger partial charge is 0.299 e. The summed E-state index contributed by atoms with van der Waals surface area (Å²) in [6.45, 7) is 0.369. The number of aromatic nitrogens is 2. The summed E-state index contributed by atoms with van der Waals surface area (Å²) in [7, 11) is 1.54. The second-order valence-electron chi connectivity index (χ2n) is 5.05. The number of H-pyrrole nitrogens is 1. The Balaban J connectivity index is 1.74. The summed E-state index contributed by atoms with van der Waals surface area (Å²) >= 11 is 0. The Morgan fingerprint density at radius 2 is 1.92 bits per heavy atom. The molecule has 1 amide bonds. The number of pyridine rings is 1. The van der Waals surface area contributed by atoms with E-state index in [1.54, 1.807) is 31.4 Å². The summed E-state index contributed by atoms with van der Waals surface area (Å²) in [5, 5.41) is 2.52. The van der Waals surface area contributed by atoms with Crippen molar-refractivity contribution in [3.05, 3.63) is 60.6 Å². The zero-order valence-corrected chi connectivity index (χ0v) is 13.4. The molecule has 0 aliphatic heterocycles. The van der Waals surface area contributed by atoms with E-state index in [0.29, 0.717) is 23.9 Å². The summed E-state index contributed by atoms with van der Waals surface area (Å²) in [5.41, 5.74) is 2.10. The van der Waals surface area contributed by atoms with Crippen molar-refractivity contribution in [2.45, 2.75) is 0 Å². The van der Waals surface area contributed by atoms with E-state index in [9.17, 15) is 9.59 Å². The second-order valence-corrected chi connectivity index (χ2v) is 5.05. The predicted molar refractivity (Wildman–Crippen MR) is 90.6 cm³/mol. The lowest BCUT2D eigenvalue weighted by Crippen LogP contribution is -2.18. The van der Waals surface area contributed by atoms with E-state index in [1.807, 2.05) is 24.3 Å². The van der Waals surface area contributed by atoms with Crippen LogP contribution < -0.4 is 14.8 Å². The van der Waals surface area contributed by atoms with E-state index in [2.05, 4.69) is 15.3 Å². The van der Waals surface area contributed by atoms with E-state index in [-0.39, 0.29) is 11.6 Å². The van der Waals surface area contributed by atoms with Crippen molar-refractivity contribution in [2.75, 3.05) is 7.05 Å². The molecule has 0 bridgehead atoms. The number of nitrogens with one attached hydrogen (secondary N) is 2. The van der Waals surface area contributed by atoms with Gasteiger partial charge in [0, 0.05) is 37.1 Å². The number of amides is 1. The van der Waals surface area contributed by atoms with Gasteiger partial charge in [0.15, 0.2) is 0 Å². The maximum absolute atomic E-state index is 11.6. The van der Waals surface area contributed by atoms with Crippen LogP contribution in [0.5, 0.6) is 17.4 Å². The van der Waals surface area contributed by atoms with E-state index < -0.39 is 0 Å². The summed E-state index contributed by atoms with van der Waals surface area (Å²) < 4.78 is 10.5. The van der Waals surface area contributed by atoms with Gasteiger partial charge in [-0.1, -0.05) is 12.1 Å². The molecule has 0 fully saturated rings. The molecule has 3 aromatic rings. The highest BCUT2D eigenvalue weighted by atomic mass is 16.5. The third-order valence-electron chi connectivity index (χ3n) is 3.45. The Morgan fingerprint density at radius 1 is 1.12 bits per heavy atom. The van der Waals surface area contributed by atoms with Crippen molar-refractivity contribution in [1.82, 2.24) is 15.3 Å². The van der Waals surface area contributed by atoms with Gasteiger partial charge >= 0.3 is 0 Å². The molecule has 0 saturated carbocycles. The highest BCUT2D eigenvalue weighted by Gasteiger charge is 2.07. The van der Waals surface area contributed by atoms with Crippen LogP contribution in [0.3, 0.4) is 0 Å². The molecule has 126 valence electrons. The van der Waals surface area contributed by atoms with Crippen LogP contribution >= 0.6 is 0 Å². The molecule has 0 aliphatic carbocycles. The topological polar surface area (TPSA) is 93.3 Å². The Morgan fingerprint density at radius 3 is 2.64 bits per heavy atom. The Labute approximate surface area is 143 Å². The van der Waals surface area contributed by atoms with E-state index in [0.717, 1.165) is 11.1 Å². The standard InChI is InChI=1S/C18H15N3O4/c1-19-18(23)16-9-15(6-7-20-16)25-14-4-2-12(3-5-14)13-8-17(21-10-13)24-11-22/h2-11,21H,1H3,(H,19,23). The molecule has 2 N–H and O–H groups in total. The third-order valence-corrected chi connectivity index (χ3v) is 3.45. The van der Waals surface area contributed by atoms with Crippen molar-refractivity contribution in [1.29, 1.82) is 0 Å². The van der Waals surface area contributed by atoms with E-state index in [4.69, 9.17) is 9.47 Å². The van der Waals surface area contributed by atoms with Crippen LogP contribution in [0.1, 0.15) is 10.5 Å². The molecule has 7 nitrogen and oxygen atoms in total. The van der Waals surface area contributed by atoms with Crippen LogP contribution in [-0.2, 0) is 4.79 Å². The first-order valence-electron chi connectivity index (χ1n) is 7.45. The van der Waals surface area contributed by atoms with Gasteiger partial charge in [0.2, 0.25) is 5.88 Å². The number of hydrogen-bond donors (Lipinski definition) is 2. The number of benzene rings is 1. The van der Waals surface area contributed by atoms with E-state index >= 15 is 0 Å². The number of hydrogen-bond acceptors (Lipinski definition) is 5. The Bertz CT molecular complexity index is 887. The third kappa shape index (κ3) is 3.84. The number of carbonyl (C=O) groups excluding carboxylic acids is 2. The molecule has 0 unspecified atom stereocenters. The van der Waals surface area contributed by atoms with Gasteiger partial charge in [-0.05, 0) is 23.8 Å². The number of aromatic amines is 1. The van der Waals surface area contributed by atoms with Gasteiger partial charge in [-0.25, -0.2) is 0 Å². The van der Waals surface area contributed by atoms with Crippen LogP contribution in [0.25, 0.3) is 11.1 Å². The summed E-state index contributed by atoms with van der Waals surface area (Å²) in [5.74, 6) is 1.24. The predicted octanol–water partition coefficient (Wildman–Crippen LogP) is 2.76. The van der Waals surface area contributed by atoms with Gasteiger partial charge in [-0.2, -0.15) is 0 Å². The molecular formula is C18H15N3O4. The minimum absolute atomic E-state index is 0.276. The maximum atomic E-state index is 11.6. The fourth-order valence-corrected chi connectivity index (χ4v) is 2.24. The first-order valence-corrected chi connectivity index (χ1v) is 7.45. The minimum atomic E-state index is -0.276. The van der Waals surface area contributed by atoms with Crippen molar-refractivity contribution in [3.8, 4) is 28.5 Å². The van der Waals surface area contributed by atoms with Crippen LogP contribution in [0.15, 0.2) is 54.9 Å². The molecule has 3 rings (SSSR count). The first kappa shape index (κ1) is 16.3. The van der Waals surface area contributed by atoms with Crippen LogP contribution in [0.2, 0.25) is 0 Å². The van der Waals surface area contributed by atoms with Gasteiger partial charge in [-0.3, -0.25) is 14.6 Å². The average Bonchev–Trinajstić information content (AvgIpc) is 3.11. The van der Waals surface area contributed by atoms with Crippen LogP contribution in [0, 0.1) is 0 Å². The molecule has 0 spiro atoms. The number of rotatable bonds is 6. The van der Waals surface area contributed by atoms with Crippen LogP contribution in [-0.4, -0.2) is 29.4 Å². The lowest BCUT2D eigenvalue weighted by atomic mass is 10.1. The zero-order valence-electron chi connectivity index (χ0n) is 13.4. The molecule has 0 atom stereocenters. The monoisotopic (exact) mass is 337 g/mol. The Hall–Kier alpha value is -3.61. The molecule has 1 aromatic carbocycles. The zero-order chi connectivity index (χ0) is 17.6. The lowest BCUT2D eigenvalue weighted by molar-refractivity contribution is -0.120. The first-order chi connectivity index (χ1) is 12.2. The highest BCUT2D eigenvalue weighted by molar-refractivity contribution is 5.92.